The van der Waals surface area contributed by atoms with Gasteiger partial charge in [0.2, 0.25) is 5.91 Å². The van der Waals surface area contributed by atoms with Crippen LogP contribution in [0, 0.1) is 5.92 Å². The van der Waals surface area contributed by atoms with E-state index in [1.165, 1.54) is 12.4 Å². The highest BCUT2D eigenvalue weighted by Gasteiger charge is 2.27. The van der Waals surface area contributed by atoms with Crippen molar-refractivity contribution in [3.8, 4) is 0 Å². The van der Waals surface area contributed by atoms with E-state index in [1.54, 1.807) is 0 Å². The van der Waals surface area contributed by atoms with Crippen LogP contribution in [0.4, 0.5) is 5.82 Å². The molecule has 2 unspecified atom stereocenters. The van der Waals surface area contributed by atoms with E-state index in [1.807, 2.05) is 0 Å². The summed E-state index contributed by atoms with van der Waals surface area (Å²) in [6.45, 7) is 0. The summed E-state index contributed by atoms with van der Waals surface area (Å²) in [5.74, 6) is 0.219. The van der Waals surface area contributed by atoms with Crippen LogP contribution in [0.25, 0.3) is 0 Å². The van der Waals surface area contributed by atoms with E-state index in [4.69, 9.17) is 17.3 Å². The van der Waals surface area contributed by atoms with Gasteiger partial charge in [0.05, 0.1) is 5.92 Å². The fourth-order valence-electron chi connectivity index (χ4n) is 2.28. The van der Waals surface area contributed by atoms with Gasteiger partial charge in [-0.3, -0.25) is 4.79 Å². The SMILES string of the molecule is NC1CCCCCC1C(=O)Nc1cc(Cl)ncn1. The van der Waals surface area contributed by atoms with Crippen LogP contribution in [0.5, 0.6) is 0 Å². The van der Waals surface area contributed by atoms with Crippen molar-refractivity contribution < 1.29 is 4.79 Å². The predicted octanol–water partition coefficient (Wildman–Crippen LogP) is 1.98. The van der Waals surface area contributed by atoms with E-state index in [0.717, 1.165) is 32.1 Å². The monoisotopic (exact) mass is 268 g/mol. The van der Waals surface area contributed by atoms with Gasteiger partial charge in [-0.15, -0.1) is 0 Å². The Hall–Kier alpha value is -1.20. The lowest BCUT2D eigenvalue weighted by Crippen LogP contribution is -2.37. The number of halogens is 1. The smallest absolute Gasteiger partial charge is 0.230 e. The summed E-state index contributed by atoms with van der Waals surface area (Å²) in [6.07, 6.45) is 6.37. The molecule has 1 aliphatic carbocycles. The van der Waals surface area contributed by atoms with Gasteiger partial charge >= 0.3 is 0 Å². The van der Waals surface area contributed by atoms with Crippen LogP contribution >= 0.6 is 11.6 Å². The summed E-state index contributed by atoms with van der Waals surface area (Å²) in [7, 11) is 0. The fraction of sp³-hybridized carbons (Fsp3) is 0.583. The highest BCUT2D eigenvalue weighted by Crippen LogP contribution is 2.23. The normalized spacial score (nSPS) is 24.3. The van der Waals surface area contributed by atoms with Crippen molar-refractivity contribution in [2.45, 2.75) is 38.1 Å². The average molecular weight is 269 g/mol. The molecule has 6 heteroatoms. The van der Waals surface area contributed by atoms with Crippen molar-refractivity contribution in [1.82, 2.24) is 9.97 Å². The van der Waals surface area contributed by atoms with Crippen molar-refractivity contribution in [2.75, 3.05) is 5.32 Å². The van der Waals surface area contributed by atoms with Gasteiger partial charge in [-0.05, 0) is 12.8 Å². The zero-order chi connectivity index (χ0) is 13.0. The quantitative estimate of drug-likeness (QED) is 0.635. The molecule has 18 heavy (non-hydrogen) atoms. The molecular formula is C12H17ClN4O. The van der Waals surface area contributed by atoms with Gasteiger partial charge < -0.3 is 11.1 Å². The van der Waals surface area contributed by atoms with Crippen LogP contribution in [0.1, 0.15) is 32.1 Å². The van der Waals surface area contributed by atoms with E-state index in [2.05, 4.69) is 15.3 Å². The van der Waals surface area contributed by atoms with Gasteiger partial charge in [0.1, 0.15) is 17.3 Å². The van der Waals surface area contributed by atoms with Gasteiger partial charge in [0.25, 0.3) is 0 Å². The number of nitrogens with one attached hydrogen (secondary N) is 1. The van der Waals surface area contributed by atoms with E-state index in [0.29, 0.717) is 11.0 Å². The molecule has 1 amide bonds. The first kappa shape index (κ1) is 13.2. The Kier molecular flexibility index (Phi) is 4.49. The number of carbonyl (C=O) groups is 1. The summed E-state index contributed by atoms with van der Waals surface area (Å²) in [5, 5.41) is 3.07. The number of amides is 1. The van der Waals surface area contributed by atoms with Crippen LogP contribution < -0.4 is 11.1 Å². The number of anilines is 1. The lowest BCUT2D eigenvalue weighted by atomic mass is 9.94. The summed E-state index contributed by atoms with van der Waals surface area (Å²) in [4.78, 5) is 19.9. The third-order valence-electron chi connectivity index (χ3n) is 3.29. The largest absolute Gasteiger partial charge is 0.327 e. The van der Waals surface area contributed by atoms with Crippen molar-refractivity contribution in [3.63, 3.8) is 0 Å². The van der Waals surface area contributed by atoms with Gasteiger partial charge in [-0.2, -0.15) is 0 Å². The standard InChI is InChI=1S/C12H17ClN4O/c13-10-6-11(16-7-15-10)17-12(18)8-4-2-1-3-5-9(8)14/h6-9H,1-5,14H2,(H,15,16,17,18). The Balaban J connectivity index is 2.02. The molecule has 1 saturated carbocycles. The van der Waals surface area contributed by atoms with Crippen LogP contribution in [0.15, 0.2) is 12.4 Å². The molecule has 98 valence electrons. The Labute approximate surface area is 111 Å². The molecule has 0 aliphatic heterocycles. The predicted molar refractivity (Wildman–Crippen MR) is 70.2 cm³/mol. The third kappa shape index (κ3) is 3.40. The lowest BCUT2D eigenvalue weighted by Gasteiger charge is -2.20. The molecule has 5 nitrogen and oxygen atoms in total. The van der Waals surface area contributed by atoms with E-state index < -0.39 is 0 Å². The molecular weight excluding hydrogens is 252 g/mol. The van der Waals surface area contributed by atoms with Crippen molar-refractivity contribution in [1.29, 1.82) is 0 Å². The molecule has 0 aromatic carbocycles. The van der Waals surface area contributed by atoms with Gasteiger partial charge in [0, 0.05) is 12.1 Å². The molecule has 2 atom stereocenters. The maximum atomic E-state index is 12.1. The van der Waals surface area contributed by atoms with Crippen molar-refractivity contribution >= 4 is 23.3 Å². The number of carbonyl (C=O) groups excluding carboxylic acids is 1. The number of rotatable bonds is 2. The van der Waals surface area contributed by atoms with E-state index >= 15 is 0 Å². The fourth-order valence-corrected chi connectivity index (χ4v) is 2.43. The molecule has 1 aromatic rings. The second-order valence-corrected chi connectivity index (χ2v) is 5.01. The highest BCUT2D eigenvalue weighted by molar-refractivity contribution is 6.29. The molecule has 1 aliphatic rings. The van der Waals surface area contributed by atoms with Crippen LogP contribution in [-0.4, -0.2) is 21.9 Å². The zero-order valence-electron chi connectivity index (χ0n) is 10.1. The Morgan fingerprint density at radius 1 is 1.33 bits per heavy atom. The second-order valence-electron chi connectivity index (χ2n) is 4.62. The first-order chi connectivity index (χ1) is 8.66. The maximum absolute atomic E-state index is 12.1. The molecule has 0 radical (unpaired) electrons. The maximum Gasteiger partial charge on any atom is 0.230 e. The molecule has 1 fully saturated rings. The summed E-state index contributed by atoms with van der Waals surface area (Å²) in [6, 6.07) is 1.46. The minimum absolute atomic E-state index is 0.0650. The summed E-state index contributed by atoms with van der Waals surface area (Å²) < 4.78 is 0. The lowest BCUT2D eigenvalue weighted by molar-refractivity contribution is -0.120. The molecule has 3 N–H and O–H groups in total. The number of hydrogen-bond donors (Lipinski definition) is 2. The Morgan fingerprint density at radius 2 is 2.11 bits per heavy atom. The topological polar surface area (TPSA) is 80.9 Å². The molecule has 1 heterocycles. The molecule has 2 rings (SSSR count). The Morgan fingerprint density at radius 3 is 2.89 bits per heavy atom. The Bertz CT molecular complexity index is 426. The number of nitrogens with two attached hydrogens (primary N) is 1. The minimum Gasteiger partial charge on any atom is -0.327 e. The average Bonchev–Trinajstić information content (AvgIpc) is 2.54. The van der Waals surface area contributed by atoms with Gasteiger partial charge in [0.15, 0.2) is 0 Å². The van der Waals surface area contributed by atoms with Crippen molar-refractivity contribution in [3.05, 3.63) is 17.5 Å². The number of aromatic nitrogens is 2. The van der Waals surface area contributed by atoms with Crippen LogP contribution in [0.3, 0.4) is 0 Å². The van der Waals surface area contributed by atoms with E-state index in [9.17, 15) is 4.79 Å². The number of hydrogen-bond acceptors (Lipinski definition) is 4. The molecule has 1 aromatic heterocycles. The van der Waals surface area contributed by atoms with Crippen molar-refractivity contribution in [2.24, 2.45) is 11.7 Å². The second kappa shape index (κ2) is 6.11. The number of nitrogens with zero attached hydrogens (tertiary/aromatic N) is 2. The first-order valence-corrected chi connectivity index (χ1v) is 6.58. The first-order valence-electron chi connectivity index (χ1n) is 6.21. The highest BCUT2D eigenvalue weighted by atomic mass is 35.5. The van der Waals surface area contributed by atoms with Gasteiger partial charge in [-0.25, -0.2) is 9.97 Å². The molecule has 0 bridgehead atoms. The molecule has 0 saturated heterocycles. The zero-order valence-corrected chi connectivity index (χ0v) is 10.9. The van der Waals surface area contributed by atoms with E-state index in [-0.39, 0.29) is 17.9 Å². The van der Waals surface area contributed by atoms with Crippen LogP contribution in [0.2, 0.25) is 5.15 Å². The van der Waals surface area contributed by atoms with Gasteiger partial charge in [-0.1, -0.05) is 30.9 Å². The summed E-state index contributed by atoms with van der Waals surface area (Å²) in [5.41, 5.74) is 6.04. The third-order valence-corrected chi connectivity index (χ3v) is 3.50. The summed E-state index contributed by atoms with van der Waals surface area (Å²) >= 11 is 5.74. The minimum atomic E-state index is -0.138. The van der Waals surface area contributed by atoms with Crippen LogP contribution in [-0.2, 0) is 4.79 Å². The molecule has 0 spiro atoms.